The fraction of sp³-hybridized carbons (Fsp3) is 0. The van der Waals surface area contributed by atoms with E-state index in [1.54, 1.807) is 6.07 Å². The van der Waals surface area contributed by atoms with Gasteiger partial charge >= 0.3 is 0 Å². The number of halogens is 1. The van der Waals surface area contributed by atoms with Crippen LogP contribution in [0.15, 0.2) is 41.4 Å². The van der Waals surface area contributed by atoms with Crippen LogP contribution in [0.25, 0.3) is 0 Å². The van der Waals surface area contributed by atoms with Crippen LogP contribution in [0.3, 0.4) is 0 Å². The van der Waals surface area contributed by atoms with Crippen molar-refractivity contribution in [1.82, 2.24) is 4.98 Å². The Hall–Kier alpha value is -2.66. The lowest BCUT2D eigenvalue weighted by atomic mass is 10.2. The van der Waals surface area contributed by atoms with Crippen molar-refractivity contribution in [3.8, 4) is 6.07 Å². The number of anilines is 2. The van der Waals surface area contributed by atoms with Crippen molar-refractivity contribution >= 4 is 21.5 Å². The number of aromatic nitrogens is 1. The third-order valence-corrected chi connectivity index (χ3v) is 3.78. The number of hydrogen-bond acceptors (Lipinski definition) is 5. The van der Waals surface area contributed by atoms with Crippen molar-refractivity contribution in [3.63, 3.8) is 0 Å². The molecule has 0 saturated heterocycles. The number of nitrogens with two attached hydrogens (primary N) is 1. The minimum Gasteiger partial charge on any atom is -0.384 e. The summed E-state index contributed by atoms with van der Waals surface area (Å²) in [5.74, 6) is -0.659. The first-order chi connectivity index (χ1) is 9.42. The number of nitrogen functional groups attached to an aromatic ring is 1. The molecule has 1 aromatic carbocycles. The summed E-state index contributed by atoms with van der Waals surface area (Å²) in [6, 6.07) is 7.43. The normalized spacial score (nSPS) is 10.8. The molecule has 0 atom stereocenters. The summed E-state index contributed by atoms with van der Waals surface area (Å²) < 4.78 is 39.5. The molecule has 0 aliphatic carbocycles. The second kappa shape index (κ2) is 5.14. The second-order valence-electron chi connectivity index (χ2n) is 3.83. The molecular weight excluding hydrogens is 283 g/mol. The topological polar surface area (TPSA) is 109 Å². The molecule has 8 heteroatoms. The average molecular weight is 292 g/mol. The van der Waals surface area contributed by atoms with Crippen LogP contribution in [0.5, 0.6) is 0 Å². The van der Waals surface area contributed by atoms with Gasteiger partial charge in [0.05, 0.1) is 16.1 Å². The summed E-state index contributed by atoms with van der Waals surface area (Å²) in [6.45, 7) is 0. The van der Waals surface area contributed by atoms with Gasteiger partial charge in [0, 0.05) is 12.3 Å². The molecule has 0 fully saturated rings. The zero-order valence-electron chi connectivity index (χ0n) is 10.0. The number of sulfonamides is 1. The highest BCUT2D eigenvalue weighted by Gasteiger charge is 2.15. The molecule has 0 saturated carbocycles. The Morgan fingerprint density at radius 1 is 1.30 bits per heavy atom. The molecule has 3 N–H and O–H groups in total. The van der Waals surface area contributed by atoms with Gasteiger partial charge in [-0.3, -0.25) is 4.72 Å². The predicted molar refractivity (Wildman–Crippen MR) is 70.6 cm³/mol. The monoisotopic (exact) mass is 292 g/mol. The van der Waals surface area contributed by atoms with E-state index in [9.17, 15) is 12.8 Å². The number of rotatable bonds is 3. The Morgan fingerprint density at radius 3 is 2.70 bits per heavy atom. The third-order valence-electron chi connectivity index (χ3n) is 2.40. The smallest absolute Gasteiger partial charge is 0.262 e. The lowest BCUT2D eigenvalue weighted by Gasteiger charge is -2.08. The summed E-state index contributed by atoms with van der Waals surface area (Å²) in [5.41, 5.74) is 5.25. The van der Waals surface area contributed by atoms with Crippen molar-refractivity contribution < 1.29 is 12.8 Å². The first-order valence-corrected chi connectivity index (χ1v) is 6.85. The van der Waals surface area contributed by atoms with Gasteiger partial charge in [0.1, 0.15) is 17.7 Å². The van der Waals surface area contributed by atoms with E-state index in [1.807, 2.05) is 0 Å². The molecule has 0 aliphatic rings. The van der Waals surface area contributed by atoms with Crippen molar-refractivity contribution in [1.29, 1.82) is 5.26 Å². The van der Waals surface area contributed by atoms with Gasteiger partial charge in [-0.25, -0.2) is 17.8 Å². The van der Waals surface area contributed by atoms with Crippen LogP contribution in [0, 0.1) is 17.1 Å². The molecular formula is C12H9FN4O2S. The maximum Gasteiger partial charge on any atom is 0.262 e. The molecule has 1 aromatic heterocycles. The highest BCUT2D eigenvalue weighted by atomic mass is 32.2. The van der Waals surface area contributed by atoms with Gasteiger partial charge in [0.2, 0.25) is 0 Å². The molecule has 0 spiro atoms. The molecule has 0 aliphatic heterocycles. The molecule has 0 bridgehead atoms. The van der Waals surface area contributed by atoms with E-state index in [4.69, 9.17) is 11.0 Å². The fourth-order valence-corrected chi connectivity index (χ4v) is 2.55. The highest BCUT2D eigenvalue weighted by Crippen LogP contribution is 2.19. The number of nitriles is 1. The van der Waals surface area contributed by atoms with Crippen LogP contribution in [-0.2, 0) is 10.0 Å². The molecule has 6 nitrogen and oxygen atoms in total. The highest BCUT2D eigenvalue weighted by molar-refractivity contribution is 7.92. The van der Waals surface area contributed by atoms with E-state index in [1.165, 1.54) is 24.4 Å². The van der Waals surface area contributed by atoms with Gasteiger partial charge in [-0.15, -0.1) is 0 Å². The molecule has 102 valence electrons. The van der Waals surface area contributed by atoms with E-state index in [0.717, 1.165) is 12.1 Å². The first-order valence-electron chi connectivity index (χ1n) is 5.36. The summed E-state index contributed by atoms with van der Waals surface area (Å²) in [4.78, 5) is 3.62. The predicted octanol–water partition coefficient (Wildman–Crippen LogP) is 1.48. The largest absolute Gasteiger partial charge is 0.384 e. The SMILES string of the molecule is N#Cc1cc(NS(=O)(=O)c2ccnc(N)c2)ccc1F. The summed E-state index contributed by atoms with van der Waals surface area (Å²) in [7, 11) is -3.88. The van der Waals surface area contributed by atoms with Gasteiger partial charge < -0.3 is 5.73 Å². The van der Waals surface area contributed by atoms with E-state index >= 15 is 0 Å². The lowest BCUT2D eigenvalue weighted by Crippen LogP contribution is -2.13. The standard InChI is InChI=1S/C12H9FN4O2S/c13-11-2-1-9(5-8(11)7-14)17-20(18,19)10-3-4-16-12(15)6-10/h1-6,17H,(H2,15,16). The Kier molecular flexibility index (Phi) is 3.54. The molecule has 1 heterocycles. The minimum absolute atomic E-state index is 0.0599. The van der Waals surface area contributed by atoms with Crippen LogP contribution in [0.4, 0.5) is 15.9 Å². The zero-order chi connectivity index (χ0) is 14.8. The molecule has 0 radical (unpaired) electrons. The maximum absolute atomic E-state index is 13.2. The number of nitrogens with zero attached hydrogens (tertiary/aromatic N) is 2. The number of benzene rings is 1. The van der Waals surface area contributed by atoms with Crippen molar-refractivity contribution in [2.45, 2.75) is 4.90 Å². The van der Waals surface area contributed by atoms with Crippen molar-refractivity contribution in [2.75, 3.05) is 10.5 Å². The van der Waals surface area contributed by atoms with E-state index in [2.05, 4.69) is 9.71 Å². The van der Waals surface area contributed by atoms with E-state index in [0.29, 0.717) is 0 Å². The van der Waals surface area contributed by atoms with Crippen LogP contribution in [0.2, 0.25) is 0 Å². The average Bonchev–Trinajstić information content (AvgIpc) is 2.40. The van der Waals surface area contributed by atoms with Crippen LogP contribution in [0.1, 0.15) is 5.56 Å². The summed E-state index contributed by atoms with van der Waals surface area (Å²) >= 11 is 0. The van der Waals surface area contributed by atoms with E-state index < -0.39 is 15.8 Å². The van der Waals surface area contributed by atoms with Gasteiger partial charge in [-0.1, -0.05) is 0 Å². The number of nitrogens with one attached hydrogen (secondary N) is 1. The quantitative estimate of drug-likeness (QED) is 0.890. The lowest BCUT2D eigenvalue weighted by molar-refractivity contribution is 0.601. The Morgan fingerprint density at radius 2 is 2.05 bits per heavy atom. The Bertz CT molecular complexity index is 799. The Balaban J connectivity index is 2.36. The van der Waals surface area contributed by atoms with Gasteiger partial charge in [-0.05, 0) is 24.3 Å². The van der Waals surface area contributed by atoms with E-state index in [-0.39, 0.29) is 22.0 Å². The molecule has 0 unspecified atom stereocenters. The van der Waals surface area contributed by atoms with Crippen molar-refractivity contribution in [2.24, 2.45) is 0 Å². The summed E-state index contributed by atoms with van der Waals surface area (Å²) in [6.07, 6.45) is 1.26. The Labute approximate surface area is 114 Å². The molecule has 20 heavy (non-hydrogen) atoms. The van der Waals surface area contributed by atoms with Gasteiger partial charge in [0.15, 0.2) is 0 Å². The fourth-order valence-electron chi connectivity index (χ4n) is 1.48. The molecule has 0 amide bonds. The number of hydrogen-bond donors (Lipinski definition) is 2. The van der Waals surface area contributed by atoms with Gasteiger partial charge in [-0.2, -0.15) is 5.26 Å². The molecule has 2 aromatic rings. The van der Waals surface area contributed by atoms with Crippen LogP contribution >= 0.6 is 0 Å². The number of pyridine rings is 1. The molecule has 2 rings (SSSR count). The maximum atomic E-state index is 13.2. The zero-order valence-corrected chi connectivity index (χ0v) is 10.9. The van der Waals surface area contributed by atoms with Crippen LogP contribution < -0.4 is 10.5 Å². The van der Waals surface area contributed by atoms with Gasteiger partial charge in [0.25, 0.3) is 10.0 Å². The minimum atomic E-state index is -3.88. The van der Waals surface area contributed by atoms with Crippen LogP contribution in [-0.4, -0.2) is 13.4 Å². The third kappa shape index (κ3) is 2.84. The second-order valence-corrected chi connectivity index (χ2v) is 5.51. The van der Waals surface area contributed by atoms with Crippen molar-refractivity contribution in [3.05, 3.63) is 47.9 Å². The summed E-state index contributed by atoms with van der Waals surface area (Å²) in [5, 5.41) is 8.70. The first kappa shape index (κ1) is 13.8.